The van der Waals surface area contributed by atoms with Crippen molar-refractivity contribution in [3.05, 3.63) is 59.7 Å². The summed E-state index contributed by atoms with van der Waals surface area (Å²) in [6.07, 6.45) is -0.160. The van der Waals surface area contributed by atoms with Gasteiger partial charge in [-0.2, -0.15) is 0 Å². The molecule has 13 heteroatoms. The number of aliphatic carboxylic acids is 1. The number of aliphatic hydroxyl groups excluding tert-OH is 1. The minimum absolute atomic E-state index is 0.0836. The average Bonchev–Trinajstić information content (AvgIpc) is 3.04. The molecule has 2 aliphatic heterocycles. The molecule has 0 radical (unpaired) electrons. The van der Waals surface area contributed by atoms with E-state index in [1.807, 2.05) is 38.1 Å². The van der Waals surface area contributed by atoms with Crippen molar-refractivity contribution in [2.45, 2.75) is 90.1 Å². The summed E-state index contributed by atoms with van der Waals surface area (Å²) in [5.74, 6) is -0.857. The van der Waals surface area contributed by atoms with Crippen molar-refractivity contribution < 1.29 is 43.6 Å². The Balaban J connectivity index is 1.82. The monoisotopic (exact) mass is 670 g/mol. The lowest BCUT2D eigenvalue weighted by Gasteiger charge is -2.29. The van der Waals surface area contributed by atoms with Gasteiger partial charge in [-0.1, -0.05) is 44.5 Å². The van der Waals surface area contributed by atoms with Gasteiger partial charge in [0.25, 0.3) is 0 Å². The Hall–Kier alpha value is -4.36. The fraction of sp³-hybridized carbons (Fsp3) is 0.543. The number of benzene rings is 2. The van der Waals surface area contributed by atoms with Gasteiger partial charge < -0.3 is 45.7 Å². The maximum absolute atomic E-state index is 13.8. The minimum Gasteiger partial charge on any atom is -0.494 e. The number of hydrogen-bond acceptors (Lipinski definition) is 9. The summed E-state index contributed by atoms with van der Waals surface area (Å²) in [5.41, 5.74) is 0.801. The molecule has 264 valence electrons. The highest BCUT2D eigenvalue weighted by molar-refractivity contribution is 5.90. The molecule has 4 rings (SSSR count). The standard InChI is InChI=1S/C35H50N4O9/c1-6-22(2)31-33(44)36-16-7-17-46-25-12-8-24(9-13-25)19-28(32(43)39-31)37-20-29(40)27(38-34(45)48-35(3,4)5)18-23-10-14-26(15-11-23)47-21-30(41)42/h8-15,22,27-29,31,37,40H,6-7,16-21H2,1-5H3,(H,36,44)(H,38,45)(H,39,43)(H,41,42)/t22-,27-,28-,29+,31-/m0/s1. The number of amides is 3. The van der Waals surface area contributed by atoms with Gasteiger partial charge in [-0.3, -0.25) is 9.59 Å². The van der Waals surface area contributed by atoms with E-state index < -0.39 is 54.4 Å². The second-order valence-electron chi connectivity index (χ2n) is 13.0. The molecule has 0 fully saturated rings. The van der Waals surface area contributed by atoms with Gasteiger partial charge in [0.1, 0.15) is 23.1 Å². The van der Waals surface area contributed by atoms with Crippen molar-refractivity contribution in [3.8, 4) is 11.5 Å². The first-order valence-corrected chi connectivity index (χ1v) is 16.4. The number of aliphatic hydroxyl groups is 1. The number of nitrogens with one attached hydrogen (secondary N) is 4. The van der Waals surface area contributed by atoms with Crippen LogP contribution >= 0.6 is 0 Å². The van der Waals surface area contributed by atoms with Gasteiger partial charge in [-0.25, -0.2) is 9.59 Å². The number of ether oxygens (including phenoxy) is 3. The summed E-state index contributed by atoms with van der Waals surface area (Å²) >= 11 is 0. The van der Waals surface area contributed by atoms with Gasteiger partial charge in [-0.15, -0.1) is 0 Å². The topological polar surface area (TPSA) is 185 Å². The number of carboxylic acids is 1. The molecule has 6 N–H and O–H groups in total. The lowest BCUT2D eigenvalue weighted by Crippen LogP contribution is -2.57. The predicted octanol–water partition coefficient (Wildman–Crippen LogP) is 2.58. The highest BCUT2D eigenvalue weighted by atomic mass is 16.6. The highest BCUT2D eigenvalue weighted by Gasteiger charge is 2.31. The highest BCUT2D eigenvalue weighted by Crippen LogP contribution is 2.17. The molecule has 2 aromatic rings. The predicted molar refractivity (Wildman–Crippen MR) is 179 cm³/mol. The van der Waals surface area contributed by atoms with Crippen LogP contribution in [0.5, 0.6) is 11.5 Å². The molecule has 0 saturated carbocycles. The number of carboxylic acid groups (broad SMARTS) is 1. The fourth-order valence-electron chi connectivity index (χ4n) is 5.02. The van der Waals surface area contributed by atoms with Crippen molar-refractivity contribution in [2.24, 2.45) is 5.92 Å². The Kier molecular flexibility index (Phi) is 14.5. The van der Waals surface area contributed by atoms with Crippen LogP contribution in [-0.2, 0) is 32.0 Å². The fourth-order valence-corrected chi connectivity index (χ4v) is 5.02. The van der Waals surface area contributed by atoms with Gasteiger partial charge in [0.05, 0.1) is 24.8 Å². The second kappa shape index (κ2) is 18.3. The summed E-state index contributed by atoms with van der Waals surface area (Å²) in [7, 11) is 0. The number of alkyl carbamates (subject to hydrolysis) is 1. The van der Waals surface area contributed by atoms with Crippen molar-refractivity contribution in [1.82, 2.24) is 21.3 Å². The van der Waals surface area contributed by atoms with E-state index in [1.54, 1.807) is 45.0 Å². The van der Waals surface area contributed by atoms with E-state index >= 15 is 0 Å². The largest absolute Gasteiger partial charge is 0.494 e. The molecule has 2 aromatic carbocycles. The van der Waals surface area contributed by atoms with Crippen molar-refractivity contribution >= 4 is 23.9 Å². The van der Waals surface area contributed by atoms with Crippen LogP contribution in [-0.4, -0.2) is 90.2 Å². The van der Waals surface area contributed by atoms with E-state index in [1.165, 1.54) is 0 Å². The van der Waals surface area contributed by atoms with Crippen molar-refractivity contribution in [1.29, 1.82) is 0 Å². The maximum Gasteiger partial charge on any atom is 0.407 e. The van der Waals surface area contributed by atoms with Gasteiger partial charge in [-0.05, 0) is 81.3 Å². The molecule has 48 heavy (non-hydrogen) atoms. The number of hydrogen-bond donors (Lipinski definition) is 6. The van der Waals surface area contributed by atoms with E-state index in [4.69, 9.17) is 19.3 Å². The summed E-state index contributed by atoms with van der Waals surface area (Å²) in [4.78, 5) is 50.5. The Labute approximate surface area is 282 Å². The first-order valence-electron chi connectivity index (χ1n) is 16.4. The third kappa shape index (κ3) is 13.0. The van der Waals surface area contributed by atoms with Crippen LogP contribution in [0.25, 0.3) is 0 Å². The van der Waals surface area contributed by atoms with Crippen LogP contribution in [0.1, 0.15) is 58.6 Å². The zero-order chi connectivity index (χ0) is 35.3. The van der Waals surface area contributed by atoms with E-state index in [9.17, 15) is 24.3 Å². The molecule has 2 aliphatic rings. The van der Waals surface area contributed by atoms with Crippen LogP contribution in [0.4, 0.5) is 4.79 Å². The minimum atomic E-state index is -1.17. The third-order valence-corrected chi connectivity index (χ3v) is 7.84. The summed E-state index contributed by atoms with van der Waals surface area (Å²) < 4.78 is 16.5. The van der Waals surface area contributed by atoms with Gasteiger partial charge in [0.15, 0.2) is 6.61 Å². The number of rotatable bonds is 12. The molecular formula is C35H50N4O9. The van der Waals surface area contributed by atoms with Gasteiger partial charge in [0, 0.05) is 13.1 Å². The Morgan fingerprint density at radius 1 is 1.06 bits per heavy atom. The number of fused-ring (bicyclic) bond motifs is 12. The summed E-state index contributed by atoms with van der Waals surface area (Å²) in [5, 5.41) is 32.1. The van der Waals surface area contributed by atoms with Crippen molar-refractivity contribution in [2.75, 3.05) is 26.3 Å². The normalized spacial score (nSPS) is 19.3. The first kappa shape index (κ1) is 38.1. The molecular weight excluding hydrogens is 620 g/mol. The van der Waals surface area contributed by atoms with Crippen molar-refractivity contribution in [3.63, 3.8) is 0 Å². The molecule has 0 unspecified atom stereocenters. The van der Waals surface area contributed by atoms with Crippen LogP contribution in [0, 0.1) is 5.92 Å². The number of carbonyl (C=O) groups is 4. The van der Waals surface area contributed by atoms with Crippen LogP contribution < -0.4 is 30.7 Å². The van der Waals surface area contributed by atoms with E-state index in [0.29, 0.717) is 37.5 Å². The van der Waals surface area contributed by atoms with Crippen LogP contribution in [0.15, 0.2) is 48.5 Å². The molecule has 0 spiro atoms. The van der Waals surface area contributed by atoms with Crippen LogP contribution in [0.2, 0.25) is 0 Å². The van der Waals surface area contributed by atoms with E-state index in [0.717, 1.165) is 11.1 Å². The Bertz CT molecular complexity index is 1350. The van der Waals surface area contributed by atoms with Gasteiger partial charge >= 0.3 is 12.1 Å². The molecule has 2 bridgehead atoms. The molecule has 0 aliphatic carbocycles. The lowest BCUT2D eigenvalue weighted by atomic mass is 9.96. The molecule has 3 amide bonds. The Morgan fingerprint density at radius 2 is 1.75 bits per heavy atom. The average molecular weight is 671 g/mol. The molecule has 0 saturated heterocycles. The molecule has 2 heterocycles. The molecule has 13 nitrogen and oxygen atoms in total. The Morgan fingerprint density at radius 3 is 2.38 bits per heavy atom. The quantitative estimate of drug-likeness (QED) is 0.196. The zero-order valence-corrected chi connectivity index (χ0v) is 28.4. The maximum atomic E-state index is 13.8. The summed E-state index contributed by atoms with van der Waals surface area (Å²) in [6, 6.07) is 11.6. The third-order valence-electron chi connectivity index (χ3n) is 7.84. The number of carbonyl (C=O) groups excluding carboxylic acids is 3. The van der Waals surface area contributed by atoms with E-state index in [2.05, 4.69) is 21.3 Å². The SMILES string of the molecule is CC[C@H](C)[C@@H]1NC(=O)[C@@H](NC[C@@H](O)[C@H](Cc2ccc(OCC(=O)O)cc2)NC(=O)OC(C)(C)C)Cc2ccc(cc2)OCCCNC1=O. The smallest absolute Gasteiger partial charge is 0.407 e. The van der Waals surface area contributed by atoms with Gasteiger partial charge in [0.2, 0.25) is 11.8 Å². The molecule has 0 aromatic heterocycles. The van der Waals surface area contributed by atoms with Crippen LogP contribution in [0.3, 0.4) is 0 Å². The van der Waals surface area contributed by atoms with E-state index in [-0.39, 0.29) is 31.2 Å². The summed E-state index contributed by atoms with van der Waals surface area (Å²) in [6.45, 7) is 9.32. The first-order chi connectivity index (χ1) is 22.7. The molecule has 5 atom stereocenters. The second-order valence-corrected chi connectivity index (χ2v) is 13.0. The lowest BCUT2D eigenvalue weighted by molar-refractivity contribution is -0.139. The zero-order valence-electron chi connectivity index (χ0n) is 28.4.